The summed E-state index contributed by atoms with van der Waals surface area (Å²) >= 11 is 0. The van der Waals surface area contributed by atoms with E-state index in [2.05, 4.69) is 5.32 Å². The summed E-state index contributed by atoms with van der Waals surface area (Å²) in [5, 5.41) is 21.7. The number of aliphatic hydroxyl groups is 1. The zero-order chi connectivity index (χ0) is 20.7. The van der Waals surface area contributed by atoms with E-state index >= 15 is 0 Å². The van der Waals surface area contributed by atoms with Gasteiger partial charge in [-0.2, -0.15) is 13.2 Å². The molecule has 2 aromatic rings. The molecule has 1 heterocycles. The molecule has 1 aromatic carbocycles. The highest BCUT2D eigenvalue weighted by molar-refractivity contribution is 6.40. The second-order valence-corrected chi connectivity index (χ2v) is 5.90. The zero-order valence-corrected chi connectivity index (χ0v) is 14.5. The van der Waals surface area contributed by atoms with Gasteiger partial charge < -0.3 is 20.1 Å². The Labute approximate surface area is 151 Å². The topological polar surface area (TPSA) is 91.6 Å². The fraction of sp³-hybridized carbons (Fsp3) is 0.294. The first-order chi connectivity index (χ1) is 12.4. The number of aliphatic carboxylic acids is 1. The molecule has 0 fully saturated rings. The van der Waals surface area contributed by atoms with E-state index in [9.17, 15) is 32.3 Å². The Morgan fingerprint density at radius 3 is 2.33 bits per heavy atom. The minimum Gasteiger partial charge on any atom is -0.475 e. The van der Waals surface area contributed by atoms with Crippen LogP contribution in [0.1, 0.15) is 39.1 Å². The molecule has 0 aliphatic rings. The quantitative estimate of drug-likeness (QED) is 0.317. The minimum atomic E-state index is -4.91. The highest BCUT2D eigenvalue weighted by atomic mass is 19.4. The van der Waals surface area contributed by atoms with Crippen molar-refractivity contribution in [1.82, 2.24) is 4.57 Å². The molecule has 0 bridgehead atoms. The predicted molar refractivity (Wildman–Crippen MR) is 86.8 cm³/mol. The molecule has 0 saturated heterocycles. The average molecular weight is 388 g/mol. The van der Waals surface area contributed by atoms with Crippen LogP contribution in [0.2, 0.25) is 0 Å². The summed E-state index contributed by atoms with van der Waals surface area (Å²) in [4.78, 5) is 22.8. The number of alkyl halides is 3. The standard InChI is InChI=1S/C17H16F4N2O4/c1-7-12(14(24)16(26)27)8(2)23(3)13(7)15(25)22-9-4-5-11(18)10(6-9)17(19,20)21/h4-6,15,22,25H,1-3H3,(H,26,27). The van der Waals surface area contributed by atoms with Crippen molar-refractivity contribution in [3.05, 3.63) is 52.1 Å². The number of rotatable bonds is 5. The second-order valence-electron chi connectivity index (χ2n) is 5.90. The van der Waals surface area contributed by atoms with Gasteiger partial charge in [0.2, 0.25) is 0 Å². The van der Waals surface area contributed by atoms with Crippen LogP contribution >= 0.6 is 0 Å². The first kappa shape index (κ1) is 20.4. The van der Waals surface area contributed by atoms with E-state index in [0.717, 1.165) is 6.07 Å². The predicted octanol–water partition coefficient (Wildman–Crippen LogP) is 3.17. The van der Waals surface area contributed by atoms with Gasteiger partial charge in [-0.1, -0.05) is 0 Å². The maximum atomic E-state index is 13.4. The number of aromatic nitrogens is 1. The van der Waals surface area contributed by atoms with E-state index in [1.807, 2.05) is 0 Å². The number of hydrogen-bond donors (Lipinski definition) is 3. The van der Waals surface area contributed by atoms with E-state index in [-0.39, 0.29) is 28.2 Å². The zero-order valence-electron chi connectivity index (χ0n) is 14.5. The number of halogens is 4. The maximum absolute atomic E-state index is 13.4. The van der Waals surface area contributed by atoms with Crippen LogP contribution in [0.4, 0.5) is 23.2 Å². The van der Waals surface area contributed by atoms with Crippen molar-refractivity contribution in [3.63, 3.8) is 0 Å². The monoisotopic (exact) mass is 388 g/mol. The molecule has 1 aromatic heterocycles. The van der Waals surface area contributed by atoms with Crippen LogP contribution in [0, 0.1) is 19.7 Å². The molecule has 0 aliphatic heterocycles. The van der Waals surface area contributed by atoms with Gasteiger partial charge in [0.25, 0.3) is 5.78 Å². The van der Waals surface area contributed by atoms with E-state index in [1.54, 1.807) is 0 Å². The SMILES string of the molecule is Cc1c(C(=O)C(=O)O)c(C)n(C)c1C(O)Nc1ccc(F)c(C(F)(F)F)c1. The molecule has 10 heteroatoms. The minimum absolute atomic E-state index is 0.0926. The Hall–Kier alpha value is -2.88. The summed E-state index contributed by atoms with van der Waals surface area (Å²) in [5.74, 6) is -4.29. The number of carboxylic acids is 1. The van der Waals surface area contributed by atoms with Crippen molar-refractivity contribution >= 4 is 17.4 Å². The smallest absolute Gasteiger partial charge is 0.419 e. The van der Waals surface area contributed by atoms with E-state index < -0.39 is 35.5 Å². The number of nitrogens with zero attached hydrogens (tertiary/aromatic N) is 1. The number of Topliss-reactive ketones (excluding diaryl/α,β-unsaturated/α-hetero) is 1. The third-order valence-corrected chi connectivity index (χ3v) is 4.24. The Balaban J connectivity index is 2.43. The molecule has 6 nitrogen and oxygen atoms in total. The highest BCUT2D eigenvalue weighted by Gasteiger charge is 2.34. The molecule has 0 aliphatic carbocycles. The molecular formula is C17H16F4N2O4. The molecule has 2 rings (SSSR count). The number of hydrogen-bond acceptors (Lipinski definition) is 4. The van der Waals surface area contributed by atoms with E-state index in [1.165, 1.54) is 25.5 Å². The number of carbonyl (C=O) groups excluding carboxylic acids is 1. The number of benzene rings is 1. The van der Waals surface area contributed by atoms with Gasteiger partial charge in [-0.05, 0) is 37.6 Å². The van der Waals surface area contributed by atoms with E-state index in [0.29, 0.717) is 12.1 Å². The lowest BCUT2D eigenvalue weighted by atomic mass is 10.1. The summed E-state index contributed by atoms with van der Waals surface area (Å²) in [6, 6.07) is 2.13. The maximum Gasteiger partial charge on any atom is 0.419 e. The molecule has 1 atom stereocenters. The van der Waals surface area contributed by atoms with Gasteiger partial charge in [0.1, 0.15) is 5.82 Å². The Morgan fingerprint density at radius 2 is 1.81 bits per heavy atom. The van der Waals surface area contributed by atoms with Gasteiger partial charge in [0.15, 0.2) is 6.23 Å². The van der Waals surface area contributed by atoms with Crippen LogP contribution in [0.25, 0.3) is 0 Å². The van der Waals surface area contributed by atoms with Crippen LogP contribution < -0.4 is 5.32 Å². The van der Waals surface area contributed by atoms with E-state index in [4.69, 9.17) is 5.11 Å². The van der Waals surface area contributed by atoms with Gasteiger partial charge in [0, 0.05) is 18.4 Å². The molecule has 3 N–H and O–H groups in total. The van der Waals surface area contributed by atoms with Crippen LogP contribution in [0.3, 0.4) is 0 Å². The van der Waals surface area contributed by atoms with Crippen LogP contribution in [0.5, 0.6) is 0 Å². The van der Waals surface area contributed by atoms with Crippen molar-refractivity contribution in [2.75, 3.05) is 5.32 Å². The first-order valence-corrected chi connectivity index (χ1v) is 7.61. The molecule has 0 radical (unpaired) electrons. The van der Waals surface area contributed by atoms with Crippen molar-refractivity contribution in [1.29, 1.82) is 0 Å². The summed E-state index contributed by atoms with van der Waals surface area (Å²) in [5.41, 5.74) is -1.29. The largest absolute Gasteiger partial charge is 0.475 e. The van der Waals surface area contributed by atoms with Gasteiger partial charge >= 0.3 is 12.1 Å². The van der Waals surface area contributed by atoms with Crippen molar-refractivity contribution in [2.24, 2.45) is 7.05 Å². The summed E-state index contributed by atoms with van der Waals surface area (Å²) < 4.78 is 53.2. The lowest BCUT2D eigenvalue weighted by molar-refractivity contribution is -0.140. The fourth-order valence-electron chi connectivity index (χ4n) is 2.89. The second kappa shape index (κ2) is 7.03. The Kier molecular flexibility index (Phi) is 5.32. The normalized spacial score (nSPS) is 12.7. The Bertz CT molecular complexity index is 919. The number of anilines is 1. The van der Waals surface area contributed by atoms with Gasteiger partial charge in [-0.25, -0.2) is 9.18 Å². The fourth-order valence-corrected chi connectivity index (χ4v) is 2.89. The number of aliphatic hydroxyl groups excluding tert-OH is 1. The number of nitrogens with one attached hydrogen (secondary N) is 1. The third-order valence-electron chi connectivity index (χ3n) is 4.24. The molecule has 0 saturated carbocycles. The van der Waals surface area contributed by atoms with Crippen molar-refractivity contribution in [3.8, 4) is 0 Å². The summed E-state index contributed by atoms with van der Waals surface area (Å²) in [6.07, 6.45) is -6.48. The van der Waals surface area contributed by atoms with Crippen molar-refractivity contribution in [2.45, 2.75) is 26.3 Å². The molecule has 1 unspecified atom stereocenters. The first-order valence-electron chi connectivity index (χ1n) is 7.61. The van der Waals surface area contributed by atoms with Gasteiger partial charge in [0.05, 0.1) is 16.8 Å². The van der Waals surface area contributed by atoms with Crippen LogP contribution in [-0.2, 0) is 18.0 Å². The lowest BCUT2D eigenvalue weighted by Crippen LogP contribution is -2.16. The number of carbonyl (C=O) groups is 2. The summed E-state index contributed by atoms with van der Waals surface area (Å²) in [6.45, 7) is 2.88. The molecular weight excluding hydrogens is 372 g/mol. The number of ketones is 1. The molecule has 146 valence electrons. The van der Waals surface area contributed by atoms with Crippen molar-refractivity contribution < 1.29 is 37.4 Å². The third kappa shape index (κ3) is 3.80. The van der Waals surface area contributed by atoms with Gasteiger partial charge in [-0.3, -0.25) is 4.79 Å². The number of carboxylic acid groups (broad SMARTS) is 1. The molecule has 0 amide bonds. The van der Waals surface area contributed by atoms with Crippen LogP contribution in [-0.4, -0.2) is 26.5 Å². The summed E-state index contributed by atoms with van der Waals surface area (Å²) in [7, 11) is 1.47. The lowest BCUT2D eigenvalue weighted by Gasteiger charge is -2.18. The molecule has 0 spiro atoms. The average Bonchev–Trinajstić information content (AvgIpc) is 2.77. The highest BCUT2D eigenvalue weighted by Crippen LogP contribution is 2.34. The Morgan fingerprint density at radius 1 is 1.22 bits per heavy atom. The van der Waals surface area contributed by atoms with Gasteiger partial charge in [-0.15, -0.1) is 0 Å². The molecule has 27 heavy (non-hydrogen) atoms. The van der Waals surface area contributed by atoms with Crippen LogP contribution in [0.15, 0.2) is 18.2 Å².